The first-order chi connectivity index (χ1) is 8.24. The van der Waals surface area contributed by atoms with Gasteiger partial charge in [-0.1, -0.05) is 20.3 Å². The molecule has 0 aliphatic carbocycles. The van der Waals surface area contributed by atoms with Gasteiger partial charge in [-0.25, -0.2) is 0 Å². The van der Waals surface area contributed by atoms with Crippen LogP contribution in [0.5, 0.6) is 0 Å². The summed E-state index contributed by atoms with van der Waals surface area (Å²) in [7, 11) is 0. The molecular formula is C13H26N2O2. The fourth-order valence-corrected chi connectivity index (χ4v) is 2.27. The first kappa shape index (κ1) is 14.5. The zero-order chi connectivity index (χ0) is 12.7. The molecule has 1 saturated heterocycles. The van der Waals surface area contributed by atoms with E-state index in [0.29, 0.717) is 13.2 Å². The predicted octanol–water partition coefficient (Wildman–Crippen LogP) is 1.26. The minimum absolute atomic E-state index is 0.00626. The highest BCUT2D eigenvalue weighted by Gasteiger charge is 2.35. The summed E-state index contributed by atoms with van der Waals surface area (Å²) in [6.45, 7) is 10.1. The van der Waals surface area contributed by atoms with Gasteiger partial charge in [0.2, 0.25) is 5.91 Å². The van der Waals surface area contributed by atoms with Gasteiger partial charge in [0.15, 0.2) is 0 Å². The third-order valence-electron chi connectivity index (χ3n) is 3.34. The molecule has 0 spiro atoms. The van der Waals surface area contributed by atoms with Gasteiger partial charge in [0.05, 0.1) is 19.1 Å². The van der Waals surface area contributed by atoms with E-state index >= 15 is 0 Å². The Morgan fingerprint density at radius 1 is 1.35 bits per heavy atom. The van der Waals surface area contributed by atoms with Crippen LogP contribution in [0.3, 0.4) is 0 Å². The largest absolute Gasteiger partial charge is 0.379 e. The quantitative estimate of drug-likeness (QED) is 0.731. The summed E-state index contributed by atoms with van der Waals surface area (Å²) in [5.74, 6) is 0.260. The molecule has 4 heteroatoms. The van der Waals surface area contributed by atoms with Crippen molar-refractivity contribution < 1.29 is 9.53 Å². The van der Waals surface area contributed by atoms with Gasteiger partial charge in [-0.15, -0.1) is 0 Å². The second-order valence-electron chi connectivity index (χ2n) is 4.58. The molecule has 1 amide bonds. The molecule has 0 saturated carbocycles. The fourth-order valence-electron chi connectivity index (χ4n) is 2.27. The zero-order valence-corrected chi connectivity index (χ0v) is 11.4. The van der Waals surface area contributed by atoms with Gasteiger partial charge in [0.25, 0.3) is 0 Å². The van der Waals surface area contributed by atoms with Crippen LogP contribution in [0.15, 0.2) is 0 Å². The molecule has 2 unspecified atom stereocenters. The Kier molecular flexibility index (Phi) is 6.52. The number of hydrogen-bond donors (Lipinski definition) is 1. The smallest absolute Gasteiger partial charge is 0.229 e. The number of hydrogen-bond acceptors (Lipinski definition) is 3. The van der Waals surface area contributed by atoms with Gasteiger partial charge in [-0.2, -0.15) is 0 Å². The number of nitrogens with zero attached hydrogens (tertiary/aromatic N) is 1. The molecule has 1 fully saturated rings. The van der Waals surface area contributed by atoms with Crippen molar-refractivity contribution in [2.75, 3.05) is 32.8 Å². The Balaban J connectivity index is 2.53. The van der Waals surface area contributed by atoms with E-state index in [1.54, 1.807) is 0 Å². The molecule has 0 bridgehead atoms. The van der Waals surface area contributed by atoms with Crippen LogP contribution in [0.1, 0.15) is 33.6 Å². The molecule has 1 heterocycles. The van der Waals surface area contributed by atoms with E-state index < -0.39 is 0 Å². The number of carbonyl (C=O) groups is 1. The molecule has 17 heavy (non-hydrogen) atoms. The average molecular weight is 242 g/mol. The molecule has 2 atom stereocenters. The van der Waals surface area contributed by atoms with E-state index in [2.05, 4.69) is 19.2 Å². The molecule has 0 aromatic heterocycles. The van der Waals surface area contributed by atoms with E-state index in [0.717, 1.165) is 32.5 Å². The van der Waals surface area contributed by atoms with E-state index in [9.17, 15) is 4.79 Å². The van der Waals surface area contributed by atoms with Crippen LogP contribution in [0.4, 0.5) is 0 Å². The van der Waals surface area contributed by atoms with Crippen LogP contribution in [0, 0.1) is 5.92 Å². The van der Waals surface area contributed by atoms with Crippen molar-refractivity contribution in [2.24, 2.45) is 5.92 Å². The fraction of sp³-hybridized carbons (Fsp3) is 0.923. The number of ether oxygens (including phenoxy) is 1. The summed E-state index contributed by atoms with van der Waals surface area (Å²) in [6, 6.07) is 0.197. The summed E-state index contributed by atoms with van der Waals surface area (Å²) in [6.07, 6.45) is 2.21. The van der Waals surface area contributed by atoms with Gasteiger partial charge in [0.1, 0.15) is 0 Å². The van der Waals surface area contributed by atoms with Crippen molar-refractivity contribution in [3.8, 4) is 0 Å². The number of rotatable bonds is 7. The van der Waals surface area contributed by atoms with Gasteiger partial charge >= 0.3 is 0 Å². The Labute approximate surface area is 105 Å². The molecule has 0 aromatic rings. The number of likely N-dealkylation sites (N-methyl/N-ethyl adjacent to an activating group) is 1. The maximum Gasteiger partial charge on any atom is 0.229 e. The molecule has 1 N–H and O–H groups in total. The molecule has 100 valence electrons. The highest BCUT2D eigenvalue weighted by molar-refractivity contribution is 5.80. The van der Waals surface area contributed by atoms with Crippen LogP contribution in [-0.4, -0.2) is 49.7 Å². The first-order valence-corrected chi connectivity index (χ1v) is 6.84. The highest BCUT2D eigenvalue weighted by Crippen LogP contribution is 2.17. The van der Waals surface area contributed by atoms with Crippen molar-refractivity contribution in [1.82, 2.24) is 10.2 Å². The number of nitrogens with one attached hydrogen (secondary N) is 1. The summed E-state index contributed by atoms with van der Waals surface area (Å²) in [5, 5.41) is 3.34. The summed E-state index contributed by atoms with van der Waals surface area (Å²) >= 11 is 0. The van der Waals surface area contributed by atoms with Crippen molar-refractivity contribution in [2.45, 2.75) is 39.7 Å². The van der Waals surface area contributed by atoms with Crippen molar-refractivity contribution in [3.63, 3.8) is 0 Å². The van der Waals surface area contributed by atoms with Crippen molar-refractivity contribution >= 4 is 5.91 Å². The third kappa shape index (κ3) is 3.96. The monoisotopic (exact) mass is 242 g/mol. The number of amides is 1. The lowest BCUT2D eigenvalue weighted by atomic mass is 10.0. The minimum Gasteiger partial charge on any atom is -0.379 e. The van der Waals surface area contributed by atoms with E-state index in [4.69, 9.17) is 4.74 Å². The average Bonchev–Trinajstić information content (AvgIpc) is 2.78. The van der Waals surface area contributed by atoms with E-state index in [-0.39, 0.29) is 17.9 Å². The molecule has 0 aromatic carbocycles. The lowest BCUT2D eigenvalue weighted by Gasteiger charge is -2.26. The zero-order valence-electron chi connectivity index (χ0n) is 11.4. The maximum absolute atomic E-state index is 12.4. The Bertz CT molecular complexity index is 233. The molecular weight excluding hydrogens is 216 g/mol. The van der Waals surface area contributed by atoms with Crippen LogP contribution in [0.25, 0.3) is 0 Å². The Hall–Kier alpha value is -0.610. The summed E-state index contributed by atoms with van der Waals surface area (Å²) < 4.78 is 5.43. The maximum atomic E-state index is 12.4. The van der Waals surface area contributed by atoms with Gasteiger partial charge in [-0.05, 0) is 19.9 Å². The van der Waals surface area contributed by atoms with Crippen LogP contribution < -0.4 is 5.32 Å². The van der Waals surface area contributed by atoms with Crippen LogP contribution in [-0.2, 0) is 9.53 Å². The third-order valence-corrected chi connectivity index (χ3v) is 3.34. The summed E-state index contributed by atoms with van der Waals surface area (Å²) in [5.41, 5.74) is 0. The summed E-state index contributed by atoms with van der Waals surface area (Å²) in [4.78, 5) is 14.3. The lowest BCUT2D eigenvalue weighted by molar-refractivity contribution is -0.135. The molecule has 1 aliphatic heterocycles. The van der Waals surface area contributed by atoms with Crippen molar-refractivity contribution in [3.05, 3.63) is 0 Å². The molecule has 1 aliphatic rings. The molecule has 0 radical (unpaired) electrons. The lowest BCUT2D eigenvalue weighted by Crippen LogP contribution is -2.46. The normalized spacial score (nSPS) is 23.9. The predicted molar refractivity (Wildman–Crippen MR) is 68.9 cm³/mol. The second-order valence-corrected chi connectivity index (χ2v) is 4.58. The van der Waals surface area contributed by atoms with Crippen molar-refractivity contribution in [1.29, 1.82) is 0 Å². The molecule has 4 nitrogen and oxygen atoms in total. The number of unbranched alkanes of at least 4 members (excludes halogenated alkanes) is 1. The minimum atomic E-state index is 0.00626. The SMILES string of the molecule is CCCCN(CC)C(=O)C1COCC1NCC. The first-order valence-electron chi connectivity index (χ1n) is 6.84. The van der Waals surface area contributed by atoms with E-state index in [1.807, 2.05) is 11.8 Å². The highest BCUT2D eigenvalue weighted by atomic mass is 16.5. The molecule has 1 rings (SSSR count). The van der Waals surface area contributed by atoms with Gasteiger partial charge < -0.3 is 15.0 Å². The van der Waals surface area contributed by atoms with Gasteiger partial charge in [0, 0.05) is 19.1 Å². The Morgan fingerprint density at radius 3 is 2.71 bits per heavy atom. The van der Waals surface area contributed by atoms with Crippen LogP contribution in [0.2, 0.25) is 0 Å². The van der Waals surface area contributed by atoms with Gasteiger partial charge in [-0.3, -0.25) is 4.79 Å². The van der Waals surface area contributed by atoms with E-state index in [1.165, 1.54) is 0 Å². The number of carbonyl (C=O) groups excluding carboxylic acids is 1. The Morgan fingerprint density at radius 2 is 2.12 bits per heavy atom. The standard InChI is InChI=1S/C13H26N2O2/c1-4-7-8-15(6-3)13(16)11-9-17-10-12(11)14-5-2/h11-12,14H,4-10H2,1-3H3. The second kappa shape index (κ2) is 7.67. The topological polar surface area (TPSA) is 41.6 Å². The van der Waals surface area contributed by atoms with Crippen LogP contribution >= 0.6 is 0 Å².